The van der Waals surface area contributed by atoms with Gasteiger partial charge < -0.3 is 37.5 Å². The maximum Gasteiger partial charge on any atom is 0.326 e. The van der Waals surface area contributed by atoms with Crippen LogP contribution in [0.15, 0.2) is 12.5 Å². The van der Waals surface area contributed by atoms with Crippen molar-refractivity contribution < 1.29 is 24.3 Å². The van der Waals surface area contributed by atoms with Crippen molar-refractivity contribution >= 4 is 35.5 Å². The highest BCUT2D eigenvalue weighted by Crippen LogP contribution is 2.06. The second-order valence-corrected chi connectivity index (χ2v) is 8.12. The summed E-state index contributed by atoms with van der Waals surface area (Å²) in [5, 5.41) is 17.1. The van der Waals surface area contributed by atoms with Crippen LogP contribution in [0.5, 0.6) is 0 Å². The van der Waals surface area contributed by atoms with Crippen LogP contribution in [0.2, 0.25) is 0 Å². The lowest BCUT2D eigenvalue weighted by Crippen LogP contribution is -2.57. The van der Waals surface area contributed by atoms with Gasteiger partial charge in [0.1, 0.15) is 18.1 Å². The summed E-state index contributed by atoms with van der Waals surface area (Å²) in [5.74, 6) is -2.28. The number of carboxylic acid groups (broad SMARTS) is 1. The Hall–Kier alpha value is -2.64. The number of hydrogen-bond acceptors (Lipinski definition) is 8. The molecule has 1 rings (SSSR count). The number of hydrogen-bond donors (Lipinski definition) is 7. The van der Waals surface area contributed by atoms with Crippen LogP contribution >= 0.6 is 11.8 Å². The van der Waals surface area contributed by atoms with Gasteiger partial charge in [-0.25, -0.2) is 9.78 Å². The number of carboxylic acids is 1. The number of amides is 3. The van der Waals surface area contributed by atoms with Crippen molar-refractivity contribution in [1.82, 2.24) is 25.9 Å². The van der Waals surface area contributed by atoms with Crippen molar-refractivity contribution in [3.05, 3.63) is 18.2 Å². The van der Waals surface area contributed by atoms with Gasteiger partial charge in [0.05, 0.1) is 12.9 Å². The Bertz CT molecular complexity index is 732. The van der Waals surface area contributed by atoms with E-state index >= 15 is 0 Å². The van der Waals surface area contributed by atoms with E-state index in [9.17, 15) is 24.3 Å². The van der Waals surface area contributed by atoms with Crippen molar-refractivity contribution in [2.24, 2.45) is 11.5 Å². The number of imidazole rings is 1. The molecule has 3 atom stereocenters. The van der Waals surface area contributed by atoms with Crippen LogP contribution in [-0.4, -0.2) is 82.0 Å². The molecule has 0 radical (unpaired) electrons. The molecule has 0 bridgehead atoms. The molecule has 0 aliphatic rings. The Kier molecular flexibility index (Phi) is 13.0. The molecular formula is C19H33N7O5S. The smallest absolute Gasteiger partial charge is 0.326 e. The fourth-order valence-electron chi connectivity index (χ4n) is 2.88. The van der Waals surface area contributed by atoms with E-state index in [4.69, 9.17) is 11.5 Å². The fourth-order valence-corrected chi connectivity index (χ4v) is 3.35. The molecule has 0 saturated carbocycles. The molecule has 12 nitrogen and oxygen atoms in total. The Labute approximate surface area is 191 Å². The molecule has 180 valence electrons. The number of nitrogens with one attached hydrogen (secondary N) is 4. The quantitative estimate of drug-likeness (QED) is 0.137. The first-order valence-electron chi connectivity index (χ1n) is 10.3. The number of aliphatic carboxylic acids is 1. The summed E-state index contributed by atoms with van der Waals surface area (Å²) in [5.41, 5.74) is 11.4. The highest BCUT2D eigenvalue weighted by atomic mass is 32.2. The summed E-state index contributed by atoms with van der Waals surface area (Å²) in [7, 11) is 0. The molecule has 0 aliphatic heterocycles. The third-order valence-corrected chi connectivity index (χ3v) is 5.27. The van der Waals surface area contributed by atoms with Gasteiger partial charge in [-0.2, -0.15) is 11.8 Å². The Balaban J connectivity index is 2.95. The molecule has 13 heteroatoms. The zero-order valence-electron chi connectivity index (χ0n) is 18.1. The lowest BCUT2D eigenvalue weighted by atomic mass is 10.1. The first kappa shape index (κ1) is 27.4. The number of thioether (sulfide) groups is 1. The molecule has 0 saturated heterocycles. The standard InChI is InChI=1S/C19H33N7O5S/c1-32-7-5-13(24-16(27)9-21)17(28)26-15(8-12-10-22-11-23-12)18(29)25-14(19(30)31)4-2-3-6-20/h10-11,13-15H,2-9,20-21H2,1H3,(H,22,23)(H,24,27)(H,25,29)(H,26,28)(H,30,31). The van der Waals surface area contributed by atoms with Crippen molar-refractivity contribution in [3.63, 3.8) is 0 Å². The number of aromatic nitrogens is 2. The number of nitrogens with two attached hydrogens (primary N) is 2. The number of aromatic amines is 1. The van der Waals surface area contributed by atoms with E-state index in [2.05, 4.69) is 25.9 Å². The van der Waals surface area contributed by atoms with Gasteiger partial charge in [0, 0.05) is 18.3 Å². The number of rotatable bonds is 16. The molecule has 0 aromatic carbocycles. The van der Waals surface area contributed by atoms with Gasteiger partial charge >= 0.3 is 5.97 Å². The fraction of sp³-hybridized carbons (Fsp3) is 0.632. The lowest BCUT2D eigenvalue weighted by Gasteiger charge is -2.24. The van der Waals surface area contributed by atoms with Crippen LogP contribution in [0.4, 0.5) is 0 Å². The first-order valence-corrected chi connectivity index (χ1v) is 11.7. The second-order valence-electron chi connectivity index (χ2n) is 7.13. The lowest BCUT2D eigenvalue weighted by molar-refractivity contribution is -0.142. The molecule has 0 spiro atoms. The highest BCUT2D eigenvalue weighted by molar-refractivity contribution is 7.98. The summed E-state index contributed by atoms with van der Waals surface area (Å²) in [4.78, 5) is 55.8. The van der Waals surface area contributed by atoms with Crippen molar-refractivity contribution in [1.29, 1.82) is 0 Å². The summed E-state index contributed by atoms with van der Waals surface area (Å²) in [6, 6.07) is -3.07. The molecule has 0 aliphatic carbocycles. The first-order chi connectivity index (χ1) is 15.3. The van der Waals surface area contributed by atoms with E-state index in [1.165, 1.54) is 24.3 Å². The molecule has 1 heterocycles. The Morgan fingerprint density at radius 2 is 1.75 bits per heavy atom. The van der Waals surface area contributed by atoms with Gasteiger partial charge in [-0.05, 0) is 44.2 Å². The molecule has 3 amide bonds. The van der Waals surface area contributed by atoms with Gasteiger partial charge in [-0.3, -0.25) is 14.4 Å². The van der Waals surface area contributed by atoms with Gasteiger partial charge in [-0.15, -0.1) is 0 Å². The number of unbranched alkanes of at least 4 members (excludes halogenated alkanes) is 1. The Morgan fingerprint density at radius 1 is 1.06 bits per heavy atom. The largest absolute Gasteiger partial charge is 0.480 e. The van der Waals surface area contributed by atoms with Crippen LogP contribution in [0.1, 0.15) is 31.4 Å². The average Bonchev–Trinajstić information content (AvgIpc) is 3.28. The number of H-pyrrole nitrogens is 1. The molecule has 0 fully saturated rings. The van der Waals surface area contributed by atoms with E-state index in [-0.39, 0.29) is 19.4 Å². The van der Waals surface area contributed by atoms with Crippen molar-refractivity contribution in [2.45, 2.75) is 50.2 Å². The molecule has 3 unspecified atom stereocenters. The van der Waals surface area contributed by atoms with Crippen LogP contribution in [-0.2, 0) is 25.6 Å². The number of carbonyl (C=O) groups is 4. The summed E-state index contributed by atoms with van der Waals surface area (Å²) >= 11 is 1.50. The van der Waals surface area contributed by atoms with E-state index in [1.54, 1.807) is 0 Å². The predicted molar refractivity (Wildman–Crippen MR) is 121 cm³/mol. The van der Waals surface area contributed by atoms with Crippen molar-refractivity contribution in [2.75, 3.05) is 25.1 Å². The van der Waals surface area contributed by atoms with Gasteiger partial charge in [-0.1, -0.05) is 0 Å². The van der Waals surface area contributed by atoms with Crippen LogP contribution in [0.3, 0.4) is 0 Å². The topological polar surface area (TPSA) is 205 Å². The highest BCUT2D eigenvalue weighted by Gasteiger charge is 2.29. The molecule has 32 heavy (non-hydrogen) atoms. The molecular weight excluding hydrogens is 438 g/mol. The Morgan fingerprint density at radius 3 is 2.31 bits per heavy atom. The monoisotopic (exact) mass is 471 g/mol. The van der Waals surface area contributed by atoms with E-state index < -0.39 is 41.8 Å². The minimum atomic E-state index is -1.17. The van der Waals surface area contributed by atoms with Crippen LogP contribution in [0, 0.1) is 0 Å². The van der Waals surface area contributed by atoms with Gasteiger partial charge in [0.25, 0.3) is 0 Å². The molecule has 1 aromatic heterocycles. The third kappa shape index (κ3) is 10.1. The van der Waals surface area contributed by atoms with Crippen LogP contribution < -0.4 is 27.4 Å². The maximum absolute atomic E-state index is 12.9. The third-order valence-electron chi connectivity index (χ3n) is 4.62. The van der Waals surface area contributed by atoms with Crippen molar-refractivity contribution in [3.8, 4) is 0 Å². The number of carbonyl (C=O) groups excluding carboxylic acids is 3. The summed E-state index contributed by atoms with van der Waals surface area (Å²) < 4.78 is 0. The maximum atomic E-state index is 12.9. The van der Waals surface area contributed by atoms with E-state index in [1.807, 2.05) is 6.26 Å². The van der Waals surface area contributed by atoms with E-state index in [0.29, 0.717) is 37.3 Å². The minimum Gasteiger partial charge on any atom is -0.480 e. The van der Waals surface area contributed by atoms with Crippen LogP contribution in [0.25, 0.3) is 0 Å². The zero-order chi connectivity index (χ0) is 23.9. The van der Waals surface area contributed by atoms with E-state index in [0.717, 1.165) is 0 Å². The average molecular weight is 472 g/mol. The number of nitrogens with zero attached hydrogens (tertiary/aromatic N) is 1. The summed E-state index contributed by atoms with van der Waals surface area (Å²) in [6.07, 6.45) is 6.59. The van der Waals surface area contributed by atoms with Gasteiger partial charge in [0.2, 0.25) is 17.7 Å². The molecule has 1 aromatic rings. The second kappa shape index (κ2) is 15.2. The SMILES string of the molecule is CSCCC(NC(=O)CN)C(=O)NC(Cc1cnc[nH]1)C(=O)NC(CCCCN)C(=O)O. The molecule has 9 N–H and O–H groups in total. The van der Waals surface area contributed by atoms with Gasteiger partial charge in [0.15, 0.2) is 0 Å². The predicted octanol–water partition coefficient (Wildman–Crippen LogP) is -1.67. The summed E-state index contributed by atoms with van der Waals surface area (Å²) in [6.45, 7) is 0.148. The normalized spacial score (nSPS) is 13.6. The zero-order valence-corrected chi connectivity index (χ0v) is 19.0. The minimum absolute atomic E-state index is 0.0623.